The van der Waals surface area contributed by atoms with Gasteiger partial charge in [-0.2, -0.15) is 0 Å². The van der Waals surface area contributed by atoms with Gasteiger partial charge in [0.2, 0.25) is 9.84 Å². The van der Waals surface area contributed by atoms with Gasteiger partial charge in [0.25, 0.3) is 0 Å². The lowest BCUT2D eigenvalue weighted by molar-refractivity contribution is 0.594. The van der Waals surface area contributed by atoms with Gasteiger partial charge in [0.15, 0.2) is 0 Å². The van der Waals surface area contributed by atoms with Crippen LogP contribution in [0.15, 0.2) is 155 Å². The molecule has 2 heterocycles. The molecule has 0 bridgehead atoms. The van der Waals surface area contributed by atoms with E-state index in [1.165, 1.54) is 5.56 Å². The van der Waals surface area contributed by atoms with E-state index >= 15 is 0 Å². The van der Waals surface area contributed by atoms with Crippen molar-refractivity contribution in [1.82, 2.24) is 9.55 Å². The summed E-state index contributed by atoms with van der Waals surface area (Å²) >= 11 is 0. The molecule has 208 valence electrons. The molecule has 0 saturated heterocycles. The van der Waals surface area contributed by atoms with E-state index in [1.807, 2.05) is 28.8 Å². The van der Waals surface area contributed by atoms with Crippen molar-refractivity contribution in [1.29, 1.82) is 0 Å². The summed E-state index contributed by atoms with van der Waals surface area (Å²) in [7, 11) is -3.69. The summed E-state index contributed by atoms with van der Waals surface area (Å²) in [6.07, 6.45) is 0. The fraction of sp³-hybridized carbons (Fsp3) is 0. The van der Waals surface area contributed by atoms with Crippen LogP contribution in [0, 0.1) is 0 Å². The van der Waals surface area contributed by atoms with Gasteiger partial charge in [-0.3, -0.25) is 4.57 Å². The quantitative estimate of drug-likeness (QED) is 0.194. The highest BCUT2D eigenvalue weighted by atomic mass is 32.2. The summed E-state index contributed by atoms with van der Waals surface area (Å²) in [5, 5.41) is 4.35. The van der Waals surface area contributed by atoms with E-state index in [0.717, 1.165) is 49.6 Å². The lowest BCUT2D eigenvalue weighted by Crippen LogP contribution is -2.15. The van der Waals surface area contributed by atoms with Gasteiger partial charge >= 0.3 is 0 Å². The molecule has 9 rings (SSSR count). The number of sulfone groups is 1. The zero-order chi connectivity index (χ0) is 29.4. The predicted molar refractivity (Wildman–Crippen MR) is 178 cm³/mol. The van der Waals surface area contributed by atoms with Crippen molar-refractivity contribution >= 4 is 42.4 Å². The van der Waals surface area contributed by atoms with E-state index < -0.39 is 9.84 Å². The van der Waals surface area contributed by atoms with E-state index in [-0.39, 0.29) is 4.90 Å². The number of aromatic nitrogens is 2. The molecule has 44 heavy (non-hydrogen) atoms. The normalized spacial score (nSPS) is 13.4. The Balaban J connectivity index is 1.42. The molecule has 0 amide bonds. The summed E-state index contributed by atoms with van der Waals surface area (Å²) in [5.41, 5.74) is 7.51. The largest absolute Gasteiger partial charge is 0.290 e. The Kier molecular flexibility index (Phi) is 5.25. The zero-order valence-electron chi connectivity index (χ0n) is 23.5. The Morgan fingerprint density at radius 3 is 1.75 bits per heavy atom. The fourth-order valence-electron chi connectivity index (χ4n) is 6.87. The minimum atomic E-state index is -3.69. The van der Waals surface area contributed by atoms with E-state index in [0.29, 0.717) is 21.6 Å². The monoisotopic (exact) mass is 584 g/mol. The van der Waals surface area contributed by atoms with Gasteiger partial charge in [0.05, 0.1) is 26.5 Å². The van der Waals surface area contributed by atoms with Gasteiger partial charge in [0, 0.05) is 5.56 Å². The molecule has 0 saturated carbocycles. The van der Waals surface area contributed by atoms with Crippen molar-refractivity contribution in [2.75, 3.05) is 0 Å². The van der Waals surface area contributed by atoms with E-state index in [2.05, 4.69) is 97.1 Å². The van der Waals surface area contributed by atoms with Crippen LogP contribution in [0.2, 0.25) is 0 Å². The SMILES string of the molecule is O=S1(=O)c2ccccc2-n2c(-c3c4ccccc4c(-c4cccc(-c5ccccc5)c4)c4ccccc34)nc3cccc1c32. The molecule has 5 heteroatoms. The first-order valence-electron chi connectivity index (χ1n) is 14.6. The van der Waals surface area contributed by atoms with E-state index in [1.54, 1.807) is 24.3 Å². The van der Waals surface area contributed by atoms with Crippen LogP contribution >= 0.6 is 0 Å². The molecule has 0 atom stereocenters. The highest BCUT2D eigenvalue weighted by molar-refractivity contribution is 7.92. The Labute approximate surface area is 254 Å². The molecule has 1 aliphatic heterocycles. The Bertz CT molecular complexity index is 2510. The number of fused-ring (bicyclic) bond motifs is 4. The molecule has 7 aromatic carbocycles. The molecule has 0 radical (unpaired) electrons. The highest BCUT2D eigenvalue weighted by Crippen LogP contribution is 2.47. The maximum absolute atomic E-state index is 13.7. The van der Waals surface area contributed by atoms with Crippen LogP contribution in [0.25, 0.3) is 71.9 Å². The number of hydrogen-bond acceptors (Lipinski definition) is 3. The smallest absolute Gasteiger partial charge is 0.210 e. The van der Waals surface area contributed by atoms with Crippen LogP contribution in [0.3, 0.4) is 0 Å². The summed E-state index contributed by atoms with van der Waals surface area (Å²) in [6.45, 7) is 0. The third-order valence-electron chi connectivity index (χ3n) is 8.74. The lowest BCUT2D eigenvalue weighted by Gasteiger charge is -2.22. The van der Waals surface area contributed by atoms with Crippen molar-refractivity contribution in [2.45, 2.75) is 9.79 Å². The van der Waals surface area contributed by atoms with Crippen LogP contribution < -0.4 is 0 Å². The topological polar surface area (TPSA) is 52.0 Å². The standard InChI is InChI=1S/C39H24N2O2S/c42-44(43)34-22-9-8-21-33(34)41-38-32(20-11-23-35(38)44)40-39(41)37-30-18-6-4-16-28(30)36(29-17-5-7-19-31(29)37)27-15-10-14-26(24-27)25-12-2-1-3-13-25/h1-24H. The molecular formula is C39H24N2O2S. The van der Waals surface area contributed by atoms with Crippen LogP contribution in [-0.2, 0) is 9.84 Å². The molecule has 1 aromatic heterocycles. The average molecular weight is 585 g/mol. The van der Waals surface area contributed by atoms with E-state index in [4.69, 9.17) is 4.98 Å². The second kappa shape index (κ2) is 9.24. The van der Waals surface area contributed by atoms with E-state index in [9.17, 15) is 8.42 Å². The molecule has 8 aromatic rings. The van der Waals surface area contributed by atoms with Crippen molar-refractivity contribution in [2.24, 2.45) is 0 Å². The maximum atomic E-state index is 13.7. The number of para-hydroxylation sites is 2. The summed E-state index contributed by atoms with van der Waals surface area (Å²) in [5.74, 6) is 0.729. The number of benzene rings is 7. The third kappa shape index (κ3) is 3.44. The van der Waals surface area contributed by atoms with Crippen LogP contribution in [0.1, 0.15) is 0 Å². The minimum Gasteiger partial charge on any atom is -0.290 e. The minimum absolute atomic E-state index is 0.287. The zero-order valence-corrected chi connectivity index (χ0v) is 24.3. The molecule has 0 aliphatic carbocycles. The molecule has 4 nitrogen and oxygen atoms in total. The second-order valence-corrected chi connectivity index (χ2v) is 13.0. The van der Waals surface area contributed by atoms with Gasteiger partial charge in [0.1, 0.15) is 5.82 Å². The summed E-state index contributed by atoms with van der Waals surface area (Å²) in [4.78, 5) is 5.76. The first-order valence-corrected chi connectivity index (χ1v) is 16.1. The van der Waals surface area contributed by atoms with Crippen molar-refractivity contribution in [3.05, 3.63) is 146 Å². The first kappa shape index (κ1) is 25.0. The maximum Gasteiger partial charge on any atom is 0.210 e. The van der Waals surface area contributed by atoms with Crippen LogP contribution in [0.4, 0.5) is 0 Å². The lowest BCUT2D eigenvalue weighted by atomic mass is 9.87. The Morgan fingerprint density at radius 2 is 1.02 bits per heavy atom. The summed E-state index contributed by atoms with van der Waals surface area (Å²) < 4.78 is 29.5. The fourth-order valence-corrected chi connectivity index (χ4v) is 8.51. The highest BCUT2D eigenvalue weighted by Gasteiger charge is 2.34. The van der Waals surface area contributed by atoms with Gasteiger partial charge in [-0.25, -0.2) is 13.4 Å². The van der Waals surface area contributed by atoms with Crippen molar-refractivity contribution in [3.63, 3.8) is 0 Å². The first-order chi connectivity index (χ1) is 21.6. The van der Waals surface area contributed by atoms with Gasteiger partial charge < -0.3 is 0 Å². The Hall–Kier alpha value is -5.52. The number of hydrogen-bond donors (Lipinski definition) is 0. The summed E-state index contributed by atoms with van der Waals surface area (Å²) in [6, 6.07) is 48.7. The third-order valence-corrected chi connectivity index (χ3v) is 10.6. The van der Waals surface area contributed by atoms with Gasteiger partial charge in [-0.1, -0.05) is 115 Å². The van der Waals surface area contributed by atoms with Crippen molar-refractivity contribution in [3.8, 4) is 39.3 Å². The van der Waals surface area contributed by atoms with Gasteiger partial charge in [-0.05, 0) is 74.1 Å². The second-order valence-electron chi connectivity index (χ2n) is 11.2. The molecule has 0 N–H and O–H groups in total. The van der Waals surface area contributed by atoms with Crippen LogP contribution in [0.5, 0.6) is 0 Å². The number of rotatable bonds is 3. The molecule has 1 aliphatic rings. The number of imidazole rings is 1. The molecule has 0 spiro atoms. The number of nitrogens with zero attached hydrogens (tertiary/aromatic N) is 2. The molecule has 0 fully saturated rings. The van der Waals surface area contributed by atoms with Crippen LogP contribution in [-0.4, -0.2) is 18.0 Å². The van der Waals surface area contributed by atoms with Gasteiger partial charge in [-0.15, -0.1) is 0 Å². The average Bonchev–Trinajstić information content (AvgIpc) is 3.46. The predicted octanol–water partition coefficient (Wildman–Crippen LogP) is 9.48. The molecular weight excluding hydrogens is 561 g/mol. The molecule has 0 unspecified atom stereocenters. The van der Waals surface area contributed by atoms with Crippen molar-refractivity contribution < 1.29 is 8.42 Å². The Morgan fingerprint density at radius 1 is 0.477 bits per heavy atom.